The first-order valence-electron chi connectivity index (χ1n) is 10.9. The normalized spacial score (nSPS) is 15.1. The van der Waals surface area contributed by atoms with Crippen LogP contribution in [0.5, 0.6) is 5.75 Å². The summed E-state index contributed by atoms with van der Waals surface area (Å²) in [4.78, 5) is 17.4. The van der Waals surface area contributed by atoms with Gasteiger partial charge in [0.05, 0.1) is 12.7 Å². The van der Waals surface area contributed by atoms with Gasteiger partial charge in [0.1, 0.15) is 18.4 Å². The fourth-order valence-corrected chi connectivity index (χ4v) is 4.38. The van der Waals surface area contributed by atoms with Gasteiger partial charge in [-0.05, 0) is 43.5 Å². The van der Waals surface area contributed by atoms with Gasteiger partial charge in [-0.1, -0.05) is 60.6 Å². The predicted octanol–water partition coefficient (Wildman–Crippen LogP) is 5.13. The lowest BCUT2D eigenvalue weighted by Gasteiger charge is -2.28. The molecular formula is C25H28N4O3S. The number of ether oxygens (including phenoxy) is 2. The van der Waals surface area contributed by atoms with Crippen molar-refractivity contribution in [2.24, 2.45) is 0 Å². The Labute approximate surface area is 198 Å². The van der Waals surface area contributed by atoms with Crippen LogP contribution in [0.3, 0.4) is 0 Å². The number of hydrogen-bond acceptors (Lipinski definition) is 7. The molecule has 0 saturated heterocycles. The van der Waals surface area contributed by atoms with Gasteiger partial charge in [0.15, 0.2) is 0 Å². The Morgan fingerprint density at radius 1 is 1.18 bits per heavy atom. The fraction of sp³-hybridized carbons (Fsp3) is 0.320. The quantitative estimate of drug-likeness (QED) is 0.366. The number of benzene rings is 2. The Hall–Kier alpha value is -3.26. The van der Waals surface area contributed by atoms with Gasteiger partial charge in [-0.3, -0.25) is 0 Å². The Balaban J connectivity index is 1.67. The zero-order valence-electron chi connectivity index (χ0n) is 19.3. The first kappa shape index (κ1) is 22.9. The number of nitrogens with one attached hydrogen (secondary N) is 1. The first-order chi connectivity index (χ1) is 16.0. The summed E-state index contributed by atoms with van der Waals surface area (Å²) < 4.78 is 12.9. The van der Waals surface area contributed by atoms with Gasteiger partial charge in [0.2, 0.25) is 11.1 Å². The summed E-state index contributed by atoms with van der Waals surface area (Å²) in [5.41, 5.74) is 4.37. The van der Waals surface area contributed by atoms with Crippen molar-refractivity contribution in [3.8, 4) is 5.75 Å². The van der Waals surface area contributed by atoms with Gasteiger partial charge in [-0.15, -0.1) is 5.10 Å². The number of aromatic nitrogens is 3. The van der Waals surface area contributed by atoms with Crippen LogP contribution in [0.25, 0.3) is 0 Å². The van der Waals surface area contributed by atoms with Crippen molar-refractivity contribution >= 4 is 23.7 Å². The van der Waals surface area contributed by atoms with Crippen molar-refractivity contribution in [1.82, 2.24) is 14.8 Å². The summed E-state index contributed by atoms with van der Waals surface area (Å²) in [6.45, 7) is 6.49. The van der Waals surface area contributed by atoms with Gasteiger partial charge in [-0.25, -0.2) is 9.48 Å². The number of carbonyl (C=O) groups excluding carboxylic acids is 1. The third-order valence-electron chi connectivity index (χ3n) is 5.37. The standard InChI is InChI=1S/C25H28N4O3S/c1-5-13-33-25-27-24-26-17(3)21(23(30)31-4)22(29(24)28-25)19-7-6-8-20(14-19)32-15-18-11-9-16(2)10-12-18/h6-12,14,22H,5,13,15H2,1-4H3,(H,26,27,28). The van der Waals surface area contributed by atoms with Crippen LogP contribution in [0, 0.1) is 6.92 Å². The Bertz CT molecular complexity index is 1170. The van der Waals surface area contributed by atoms with E-state index in [4.69, 9.17) is 14.6 Å². The summed E-state index contributed by atoms with van der Waals surface area (Å²) in [5, 5.41) is 8.59. The summed E-state index contributed by atoms with van der Waals surface area (Å²) in [7, 11) is 1.39. The van der Waals surface area contributed by atoms with Crippen molar-refractivity contribution in [3.05, 3.63) is 76.5 Å². The van der Waals surface area contributed by atoms with Crippen LogP contribution in [0.4, 0.5) is 5.95 Å². The van der Waals surface area contributed by atoms with E-state index < -0.39 is 12.0 Å². The molecule has 0 bridgehead atoms. The highest BCUT2D eigenvalue weighted by atomic mass is 32.2. The number of nitrogens with zero attached hydrogens (tertiary/aromatic N) is 3. The molecule has 1 aliphatic heterocycles. The van der Waals surface area contributed by atoms with Gasteiger partial charge in [0, 0.05) is 11.4 Å². The number of thioether (sulfide) groups is 1. The molecule has 1 atom stereocenters. The van der Waals surface area contributed by atoms with E-state index in [1.807, 2.05) is 31.2 Å². The molecule has 0 radical (unpaired) electrons. The third kappa shape index (κ3) is 5.06. The molecule has 1 aliphatic rings. The molecule has 172 valence electrons. The molecular weight excluding hydrogens is 436 g/mol. The minimum Gasteiger partial charge on any atom is -0.489 e. The molecule has 0 spiro atoms. The van der Waals surface area contributed by atoms with Crippen LogP contribution in [-0.4, -0.2) is 33.6 Å². The number of anilines is 1. The van der Waals surface area contributed by atoms with E-state index in [2.05, 4.69) is 48.4 Å². The first-order valence-corrected chi connectivity index (χ1v) is 11.9. The number of esters is 1. The number of methoxy groups -OCH3 is 1. The van der Waals surface area contributed by atoms with Gasteiger partial charge in [0.25, 0.3) is 0 Å². The molecule has 0 aliphatic carbocycles. The Morgan fingerprint density at radius 3 is 2.70 bits per heavy atom. The topological polar surface area (TPSA) is 78.3 Å². The highest BCUT2D eigenvalue weighted by Gasteiger charge is 2.35. The second kappa shape index (κ2) is 10.1. The van der Waals surface area contributed by atoms with Crippen molar-refractivity contribution < 1.29 is 14.3 Å². The van der Waals surface area contributed by atoms with E-state index in [0.29, 0.717) is 29.0 Å². The molecule has 2 heterocycles. The van der Waals surface area contributed by atoms with E-state index in [9.17, 15) is 4.79 Å². The molecule has 4 rings (SSSR count). The zero-order valence-corrected chi connectivity index (χ0v) is 20.1. The van der Waals surface area contributed by atoms with E-state index >= 15 is 0 Å². The summed E-state index contributed by atoms with van der Waals surface area (Å²) in [5.74, 6) is 1.84. The number of carbonyl (C=O) groups is 1. The fourth-order valence-electron chi connectivity index (χ4n) is 3.69. The average Bonchev–Trinajstić information content (AvgIpc) is 3.23. The number of allylic oxidation sites excluding steroid dienone is 1. The van der Waals surface area contributed by atoms with Crippen molar-refractivity contribution in [3.63, 3.8) is 0 Å². The molecule has 3 aromatic rings. The van der Waals surface area contributed by atoms with Crippen LogP contribution < -0.4 is 10.1 Å². The zero-order chi connectivity index (χ0) is 23.4. The molecule has 1 aromatic heterocycles. The summed E-state index contributed by atoms with van der Waals surface area (Å²) in [6, 6.07) is 15.5. The SMILES string of the molecule is CCCSc1nc2n(n1)C(c1cccc(OCc3ccc(C)cc3)c1)C(C(=O)OC)=C(C)N2. The predicted molar refractivity (Wildman–Crippen MR) is 129 cm³/mol. The number of aryl methyl sites for hydroxylation is 1. The van der Waals surface area contributed by atoms with E-state index in [-0.39, 0.29) is 0 Å². The van der Waals surface area contributed by atoms with Crippen molar-refractivity contribution in [2.45, 2.75) is 45.0 Å². The lowest BCUT2D eigenvalue weighted by molar-refractivity contribution is -0.136. The Morgan fingerprint density at radius 2 is 1.97 bits per heavy atom. The lowest BCUT2D eigenvalue weighted by atomic mass is 9.95. The minimum atomic E-state index is -0.472. The second-order valence-corrected chi connectivity index (χ2v) is 8.98. The monoisotopic (exact) mass is 464 g/mol. The molecule has 7 nitrogen and oxygen atoms in total. The van der Waals surface area contributed by atoms with Gasteiger partial charge >= 0.3 is 5.97 Å². The molecule has 0 amide bonds. The molecule has 0 saturated carbocycles. The smallest absolute Gasteiger partial charge is 0.338 e. The molecule has 8 heteroatoms. The highest BCUT2D eigenvalue weighted by molar-refractivity contribution is 7.99. The summed E-state index contributed by atoms with van der Waals surface area (Å²) in [6.07, 6.45) is 1.02. The van der Waals surface area contributed by atoms with Crippen LogP contribution >= 0.6 is 11.8 Å². The van der Waals surface area contributed by atoms with E-state index in [1.54, 1.807) is 16.4 Å². The van der Waals surface area contributed by atoms with Crippen LogP contribution in [0.2, 0.25) is 0 Å². The largest absolute Gasteiger partial charge is 0.489 e. The second-order valence-electron chi connectivity index (χ2n) is 7.92. The number of fused-ring (bicyclic) bond motifs is 1. The molecule has 0 fully saturated rings. The van der Waals surface area contributed by atoms with Crippen molar-refractivity contribution in [2.75, 3.05) is 18.2 Å². The molecule has 33 heavy (non-hydrogen) atoms. The van der Waals surface area contributed by atoms with Crippen LogP contribution in [0.1, 0.15) is 43.0 Å². The maximum Gasteiger partial charge on any atom is 0.338 e. The van der Waals surface area contributed by atoms with E-state index in [0.717, 1.165) is 29.1 Å². The third-order valence-corrected chi connectivity index (χ3v) is 6.42. The van der Waals surface area contributed by atoms with Crippen LogP contribution in [0.15, 0.2) is 65.0 Å². The number of hydrogen-bond donors (Lipinski definition) is 1. The minimum absolute atomic E-state index is 0.403. The lowest BCUT2D eigenvalue weighted by Crippen LogP contribution is -2.29. The number of rotatable bonds is 8. The maximum atomic E-state index is 12.8. The van der Waals surface area contributed by atoms with Crippen molar-refractivity contribution in [1.29, 1.82) is 0 Å². The summed E-state index contributed by atoms with van der Waals surface area (Å²) >= 11 is 1.60. The van der Waals surface area contributed by atoms with Gasteiger partial charge < -0.3 is 14.8 Å². The molecule has 1 N–H and O–H groups in total. The molecule has 2 aromatic carbocycles. The van der Waals surface area contributed by atoms with Gasteiger partial charge in [-0.2, -0.15) is 4.98 Å². The molecule has 1 unspecified atom stereocenters. The Kier molecular flexibility index (Phi) is 7.03. The van der Waals surface area contributed by atoms with E-state index in [1.165, 1.54) is 12.7 Å². The highest BCUT2D eigenvalue weighted by Crippen LogP contribution is 2.37. The average molecular weight is 465 g/mol. The maximum absolute atomic E-state index is 12.8. The van der Waals surface area contributed by atoms with Crippen LogP contribution in [-0.2, 0) is 16.1 Å².